The normalized spacial score (nSPS) is 17.0. The van der Waals surface area contributed by atoms with Gasteiger partial charge in [-0.05, 0) is 51.5 Å². The molecule has 25 heavy (non-hydrogen) atoms. The monoisotopic (exact) mass is 351 g/mol. The molecule has 0 bridgehead atoms. The Hall–Kier alpha value is -2.05. The lowest BCUT2D eigenvalue weighted by Crippen LogP contribution is -2.45. The molecule has 1 aromatic heterocycles. The highest BCUT2D eigenvalue weighted by atomic mass is 16.6. The molecule has 1 amide bonds. The van der Waals surface area contributed by atoms with Gasteiger partial charge in [0.1, 0.15) is 5.60 Å². The van der Waals surface area contributed by atoms with E-state index in [1.54, 1.807) is 31.6 Å². The van der Waals surface area contributed by atoms with Gasteiger partial charge in [-0.25, -0.2) is 4.79 Å². The van der Waals surface area contributed by atoms with Crippen molar-refractivity contribution in [3.05, 3.63) is 18.0 Å². The van der Waals surface area contributed by atoms with Crippen LogP contribution < -0.4 is 5.32 Å². The number of amides is 1. The van der Waals surface area contributed by atoms with Gasteiger partial charge in [0.25, 0.3) is 0 Å². The van der Waals surface area contributed by atoms with Crippen molar-refractivity contribution in [1.82, 2.24) is 15.1 Å². The van der Waals surface area contributed by atoms with Crippen LogP contribution in [0.1, 0.15) is 52.0 Å². The molecule has 0 aromatic carbocycles. The summed E-state index contributed by atoms with van der Waals surface area (Å²) in [6.07, 6.45) is 6.86. The number of ether oxygens (including phenoxy) is 1. The summed E-state index contributed by atoms with van der Waals surface area (Å²) in [5.74, 6) is -0.426. The molecule has 0 saturated heterocycles. The highest BCUT2D eigenvalue weighted by Gasteiger charge is 2.43. The maximum absolute atomic E-state index is 12.1. The topological polar surface area (TPSA) is 93.5 Å². The van der Waals surface area contributed by atoms with Crippen molar-refractivity contribution in [1.29, 1.82) is 0 Å². The largest absolute Gasteiger partial charge is 0.481 e. The lowest BCUT2D eigenvalue weighted by molar-refractivity contribution is -0.149. The third-order valence-electron chi connectivity index (χ3n) is 4.45. The van der Waals surface area contributed by atoms with E-state index in [2.05, 4.69) is 10.4 Å². The van der Waals surface area contributed by atoms with Crippen molar-refractivity contribution >= 4 is 12.1 Å². The number of alkyl carbamates (subject to hydrolysis) is 1. The highest BCUT2D eigenvalue weighted by molar-refractivity contribution is 5.76. The van der Waals surface area contributed by atoms with Gasteiger partial charge >= 0.3 is 12.1 Å². The number of nitrogens with zero attached hydrogens (tertiary/aromatic N) is 2. The predicted molar refractivity (Wildman–Crippen MR) is 93.2 cm³/mol. The fourth-order valence-corrected chi connectivity index (χ4v) is 2.95. The summed E-state index contributed by atoms with van der Waals surface area (Å²) >= 11 is 0. The molecule has 0 radical (unpaired) electrons. The van der Waals surface area contributed by atoms with Crippen LogP contribution in [0.5, 0.6) is 0 Å². The van der Waals surface area contributed by atoms with Crippen molar-refractivity contribution in [2.45, 2.75) is 58.5 Å². The van der Waals surface area contributed by atoms with Crippen LogP contribution in [-0.4, -0.2) is 39.1 Å². The molecular formula is C18H29N3O4. The summed E-state index contributed by atoms with van der Waals surface area (Å²) in [5.41, 5.74) is -0.586. The van der Waals surface area contributed by atoms with E-state index in [9.17, 15) is 14.7 Å². The van der Waals surface area contributed by atoms with Crippen molar-refractivity contribution in [3.8, 4) is 0 Å². The van der Waals surface area contributed by atoms with Crippen LogP contribution in [0.2, 0.25) is 0 Å². The summed E-state index contributed by atoms with van der Waals surface area (Å²) < 4.78 is 6.95. The molecule has 7 heteroatoms. The number of carbonyl (C=O) groups is 2. The minimum Gasteiger partial charge on any atom is -0.481 e. The molecule has 1 aliphatic carbocycles. The fraction of sp³-hybridized carbons (Fsp3) is 0.722. The first-order valence-corrected chi connectivity index (χ1v) is 8.77. The van der Waals surface area contributed by atoms with Crippen LogP contribution in [0.25, 0.3) is 0 Å². The fourth-order valence-electron chi connectivity index (χ4n) is 2.95. The van der Waals surface area contributed by atoms with Crippen LogP contribution in [0, 0.1) is 11.3 Å². The molecular weight excluding hydrogens is 322 g/mol. The summed E-state index contributed by atoms with van der Waals surface area (Å²) in [4.78, 5) is 24.1. The standard InChI is InChI=1S/C18H29N3O4/c1-17(2,3)25-16(24)19-12-18(15(22)23,9-13-5-6-13)8-7-14-10-20-21(4)11-14/h10-11,13H,5-9,12H2,1-4H3,(H,19,24)(H,22,23). The number of hydrogen-bond donors (Lipinski definition) is 2. The molecule has 1 heterocycles. The molecule has 0 spiro atoms. The highest BCUT2D eigenvalue weighted by Crippen LogP contribution is 2.42. The Bertz CT molecular complexity index is 616. The van der Waals surface area contributed by atoms with Gasteiger partial charge in [-0.2, -0.15) is 5.10 Å². The van der Waals surface area contributed by atoms with E-state index in [1.165, 1.54) is 0 Å². The Morgan fingerprint density at radius 3 is 2.56 bits per heavy atom. The van der Waals surface area contributed by atoms with E-state index in [-0.39, 0.29) is 6.54 Å². The molecule has 7 nitrogen and oxygen atoms in total. The zero-order chi connectivity index (χ0) is 18.7. The van der Waals surface area contributed by atoms with Crippen LogP contribution in [-0.2, 0) is 23.0 Å². The van der Waals surface area contributed by atoms with Gasteiger partial charge < -0.3 is 15.2 Å². The van der Waals surface area contributed by atoms with Gasteiger partial charge in [0.2, 0.25) is 0 Å². The first-order valence-electron chi connectivity index (χ1n) is 8.77. The van der Waals surface area contributed by atoms with E-state index < -0.39 is 23.1 Å². The number of hydrogen-bond acceptors (Lipinski definition) is 4. The Morgan fingerprint density at radius 1 is 1.40 bits per heavy atom. The zero-order valence-corrected chi connectivity index (χ0v) is 15.5. The quantitative estimate of drug-likeness (QED) is 0.751. The number of nitrogens with one attached hydrogen (secondary N) is 1. The van der Waals surface area contributed by atoms with E-state index in [0.717, 1.165) is 18.4 Å². The van der Waals surface area contributed by atoms with Gasteiger partial charge in [-0.1, -0.05) is 12.8 Å². The number of aromatic nitrogens is 2. The van der Waals surface area contributed by atoms with E-state index in [0.29, 0.717) is 25.2 Å². The number of carbonyl (C=O) groups excluding carboxylic acids is 1. The summed E-state index contributed by atoms with van der Waals surface area (Å²) in [5, 5.41) is 16.7. The first-order chi connectivity index (χ1) is 11.6. The van der Waals surface area contributed by atoms with E-state index in [4.69, 9.17) is 4.74 Å². The van der Waals surface area contributed by atoms with Gasteiger partial charge in [0.15, 0.2) is 0 Å². The minimum absolute atomic E-state index is 0.0774. The van der Waals surface area contributed by atoms with Crippen LogP contribution in [0.15, 0.2) is 12.4 Å². The molecule has 1 atom stereocenters. The lowest BCUT2D eigenvalue weighted by atomic mass is 9.77. The number of carboxylic acid groups (broad SMARTS) is 1. The maximum atomic E-state index is 12.1. The van der Waals surface area contributed by atoms with Gasteiger partial charge in [-0.15, -0.1) is 0 Å². The molecule has 140 valence electrons. The van der Waals surface area contributed by atoms with Crippen molar-refractivity contribution in [3.63, 3.8) is 0 Å². The van der Waals surface area contributed by atoms with E-state index in [1.807, 2.05) is 13.2 Å². The average molecular weight is 351 g/mol. The van der Waals surface area contributed by atoms with Crippen LogP contribution in [0.3, 0.4) is 0 Å². The molecule has 1 saturated carbocycles. The maximum Gasteiger partial charge on any atom is 0.407 e. The van der Waals surface area contributed by atoms with Gasteiger partial charge in [0, 0.05) is 19.8 Å². The number of rotatable bonds is 8. The lowest BCUT2D eigenvalue weighted by Gasteiger charge is -2.30. The molecule has 1 unspecified atom stereocenters. The number of aliphatic carboxylic acids is 1. The zero-order valence-electron chi connectivity index (χ0n) is 15.5. The smallest absolute Gasteiger partial charge is 0.407 e. The molecule has 1 aromatic rings. The van der Waals surface area contributed by atoms with Crippen molar-refractivity contribution in [2.75, 3.05) is 6.54 Å². The average Bonchev–Trinajstić information content (AvgIpc) is 3.19. The second-order valence-corrected chi connectivity index (χ2v) is 8.11. The molecule has 1 aliphatic rings. The van der Waals surface area contributed by atoms with Gasteiger partial charge in [-0.3, -0.25) is 9.48 Å². The second kappa shape index (κ2) is 7.45. The Balaban J connectivity index is 2.04. The predicted octanol–water partition coefficient (Wildman–Crippen LogP) is 2.75. The number of carboxylic acids is 1. The summed E-state index contributed by atoms with van der Waals surface area (Å²) in [7, 11) is 1.84. The summed E-state index contributed by atoms with van der Waals surface area (Å²) in [6.45, 7) is 5.42. The van der Waals surface area contributed by atoms with Crippen molar-refractivity contribution in [2.24, 2.45) is 18.4 Å². The third kappa shape index (κ3) is 6.07. The third-order valence-corrected chi connectivity index (χ3v) is 4.45. The molecule has 0 aliphatic heterocycles. The van der Waals surface area contributed by atoms with E-state index >= 15 is 0 Å². The molecule has 2 rings (SSSR count). The van der Waals surface area contributed by atoms with Gasteiger partial charge in [0.05, 0.1) is 11.6 Å². The molecule has 1 fully saturated rings. The van der Waals surface area contributed by atoms with Crippen LogP contribution in [0.4, 0.5) is 4.79 Å². The van der Waals surface area contributed by atoms with Crippen molar-refractivity contribution < 1.29 is 19.4 Å². The molecule has 2 N–H and O–H groups in total. The Morgan fingerprint density at radius 2 is 2.08 bits per heavy atom. The van der Waals surface area contributed by atoms with Crippen LogP contribution >= 0.6 is 0 Å². The SMILES string of the molecule is Cn1cc(CCC(CNC(=O)OC(C)(C)C)(CC2CC2)C(=O)O)cn1. The second-order valence-electron chi connectivity index (χ2n) is 8.11. The minimum atomic E-state index is -0.978. The Kier molecular flexibility index (Phi) is 5.75. The Labute approximate surface area is 148 Å². The summed E-state index contributed by atoms with van der Waals surface area (Å²) in [6, 6.07) is 0. The number of aryl methyl sites for hydroxylation is 2. The first kappa shape index (κ1) is 19.3.